The van der Waals surface area contributed by atoms with Crippen molar-refractivity contribution in [2.45, 2.75) is 18.9 Å². The van der Waals surface area contributed by atoms with E-state index in [1.54, 1.807) is 13.3 Å². The number of methoxy groups -OCH3 is 1. The highest BCUT2D eigenvalue weighted by molar-refractivity contribution is 7.21. The molecule has 2 aromatic rings. The minimum Gasteiger partial charge on any atom is -0.396 e. The van der Waals surface area contributed by atoms with Crippen LogP contribution in [0.1, 0.15) is 22.5 Å². The van der Waals surface area contributed by atoms with Gasteiger partial charge in [-0.05, 0) is 25.0 Å². The van der Waals surface area contributed by atoms with Gasteiger partial charge in [0, 0.05) is 26.4 Å². The summed E-state index contributed by atoms with van der Waals surface area (Å²) >= 11 is 1.42. The number of ether oxygens (including phenoxy) is 1. The molecule has 1 amide bonds. The summed E-state index contributed by atoms with van der Waals surface area (Å²) in [7, 11) is 1.72. The summed E-state index contributed by atoms with van der Waals surface area (Å²) in [6, 6.07) is 3.80. The first-order valence-electron chi connectivity index (χ1n) is 6.65. The van der Waals surface area contributed by atoms with Gasteiger partial charge in [-0.2, -0.15) is 0 Å². The molecule has 0 saturated carbocycles. The van der Waals surface area contributed by atoms with Crippen molar-refractivity contribution in [1.82, 2.24) is 9.88 Å². The third-order valence-electron chi connectivity index (χ3n) is 3.74. The lowest BCUT2D eigenvalue weighted by Gasteiger charge is -2.31. The number of thiophene rings is 1. The largest absolute Gasteiger partial charge is 0.396 e. The molecule has 6 heteroatoms. The van der Waals surface area contributed by atoms with Crippen molar-refractivity contribution in [3.8, 4) is 0 Å². The zero-order valence-electron chi connectivity index (χ0n) is 11.3. The summed E-state index contributed by atoms with van der Waals surface area (Å²) in [5, 5.41) is 0. The lowest BCUT2D eigenvalue weighted by Crippen LogP contribution is -2.40. The third kappa shape index (κ3) is 2.25. The molecule has 5 nitrogen and oxygen atoms in total. The highest BCUT2D eigenvalue weighted by Gasteiger charge is 2.26. The molecule has 1 fully saturated rings. The summed E-state index contributed by atoms with van der Waals surface area (Å²) in [6.45, 7) is 1.44. The Balaban J connectivity index is 1.84. The van der Waals surface area contributed by atoms with Gasteiger partial charge in [-0.1, -0.05) is 0 Å². The Bertz CT molecular complexity index is 632. The normalized spacial score (nSPS) is 16.8. The highest BCUT2D eigenvalue weighted by atomic mass is 32.1. The lowest BCUT2D eigenvalue weighted by molar-refractivity contribution is 0.0354. The maximum atomic E-state index is 12.6. The van der Waals surface area contributed by atoms with Crippen molar-refractivity contribution < 1.29 is 9.53 Å². The number of rotatable bonds is 2. The lowest BCUT2D eigenvalue weighted by atomic mass is 10.1. The number of carbonyl (C=O) groups is 1. The van der Waals surface area contributed by atoms with E-state index in [1.165, 1.54) is 11.3 Å². The average molecular weight is 291 g/mol. The molecule has 2 aromatic heterocycles. The van der Waals surface area contributed by atoms with Crippen molar-refractivity contribution in [2.24, 2.45) is 0 Å². The Morgan fingerprint density at radius 1 is 1.50 bits per heavy atom. The monoisotopic (exact) mass is 291 g/mol. The topological polar surface area (TPSA) is 68.5 Å². The molecule has 0 bridgehead atoms. The number of carbonyl (C=O) groups excluding carboxylic acids is 1. The number of nitrogens with zero attached hydrogens (tertiary/aromatic N) is 2. The van der Waals surface area contributed by atoms with Gasteiger partial charge in [0.25, 0.3) is 5.91 Å². The van der Waals surface area contributed by atoms with Gasteiger partial charge in [-0.25, -0.2) is 0 Å². The van der Waals surface area contributed by atoms with Crippen LogP contribution in [0.5, 0.6) is 0 Å². The summed E-state index contributed by atoms with van der Waals surface area (Å²) < 4.78 is 6.29. The van der Waals surface area contributed by atoms with Crippen LogP contribution in [0.25, 0.3) is 10.2 Å². The second-order valence-corrected chi connectivity index (χ2v) is 5.97. The van der Waals surface area contributed by atoms with E-state index in [-0.39, 0.29) is 12.0 Å². The number of anilines is 1. The Kier molecular flexibility index (Phi) is 3.58. The number of hydrogen-bond donors (Lipinski definition) is 1. The predicted octanol–water partition coefficient (Wildman–Crippen LogP) is 2.13. The number of pyridine rings is 1. The van der Waals surface area contributed by atoms with Gasteiger partial charge in [0.1, 0.15) is 10.4 Å². The molecule has 0 aliphatic carbocycles. The number of likely N-dealkylation sites (tertiary alicyclic amines) is 1. The molecule has 0 atom stereocenters. The number of nitrogen functional groups attached to an aromatic ring is 1. The van der Waals surface area contributed by atoms with Gasteiger partial charge in [-0.3, -0.25) is 9.78 Å². The first-order valence-corrected chi connectivity index (χ1v) is 7.47. The van der Waals surface area contributed by atoms with Crippen molar-refractivity contribution in [3.05, 3.63) is 23.2 Å². The van der Waals surface area contributed by atoms with Crippen LogP contribution in [0.2, 0.25) is 0 Å². The van der Waals surface area contributed by atoms with Gasteiger partial charge in [0.05, 0.1) is 16.5 Å². The second kappa shape index (κ2) is 5.38. The molecular weight excluding hydrogens is 274 g/mol. The van der Waals surface area contributed by atoms with E-state index < -0.39 is 0 Å². The number of piperidine rings is 1. The van der Waals surface area contributed by atoms with Crippen LogP contribution in [-0.2, 0) is 4.74 Å². The fourth-order valence-electron chi connectivity index (χ4n) is 2.54. The zero-order chi connectivity index (χ0) is 14.1. The highest BCUT2D eigenvalue weighted by Crippen LogP contribution is 2.33. The van der Waals surface area contributed by atoms with Gasteiger partial charge in [0.15, 0.2) is 0 Å². The summed E-state index contributed by atoms with van der Waals surface area (Å²) in [4.78, 5) is 19.3. The fourth-order valence-corrected chi connectivity index (χ4v) is 3.59. The molecular formula is C14H17N3O2S. The molecule has 0 radical (unpaired) electrons. The van der Waals surface area contributed by atoms with Crippen LogP contribution in [-0.4, -0.2) is 42.1 Å². The van der Waals surface area contributed by atoms with Crippen molar-refractivity contribution in [3.63, 3.8) is 0 Å². The Morgan fingerprint density at radius 3 is 2.90 bits per heavy atom. The van der Waals surface area contributed by atoms with Gasteiger partial charge in [-0.15, -0.1) is 11.3 Å². The SMILES string of the molecule is COC1CCN(C(=O)c2sc3cccnc3c2N)CC1. The quantitative estimate of drug-likeness (QED) is 0.920. The molecule has 1 aliphatic rings. The predicted molar refractivity (Wildman–Crippen MR) is 80.0 cm³/mol. The van der Waals surface area contributed by atoms with E-state index >= 15 is 0 Å². The van der Waals surface area contributed by atoms with E-state index in [0.29, 0.717) is 10.6 Å². The standard InChI is InChI=1S/C14H17N3O2S/c1-19-9-4-7-17(8-5-9)14(18)13-11(15)12-10(20-13)3-2-6-16-12/h2-3,6,9H,4-5,7-8,15H2,1H3. The van der Waals surface area contributed by atoms with Crippen LogP contribution >= 0.6 is 11.3 Å². The van der Waals surface area contributed by atoms with Crippen molar-refractivity contribution in [1.29, 1.82) is 0 Å². The van der Waals surface area contributed by atoms with Crippen LogP contribution in [0, 0.1) is 0 Å². The van der Waals surface area contributed by atoms with E-state index in [0.717, 1.165) is 36.1 Å². The number of aromatic nitrogens is 1. The van der Waals surface area contributed by atoms with Gasteiger partial charge >= 0.3 is 0 Å². The number of amides is 1. The van der Waals surface area contributed by atoms with Crippen molar-refractivity contribution >= 4 is 33.1 Å². The van der Waals surface area contributed by atoms with E-state index in [4.69, 9.17) is 10.5 Å². The molecule has 0 aromatic carbocycles. The van der Waals surface area contributed by atoms with Gasteiger partial charge < -0.3 is 15.4 Å². The van der Waals surface area contributed by atoms with E-state index in [1.807, 2.05) is 17.0 Å². The third-order valence-corrected chi connectivity index (χ3v) is 4.89. The Morgan fingerprint density at radius 2 is 2.25 bits per heavy atom. The van der Waals surface area contributed by atoms with Crippen LogP contribution < -0.4 is 5.73 Å². The summed E-state index contributed by atoms with van der Waals surface area (Å²) in [5.74, 6) is 0.0139. The molecule has 20 heavy (non-hydrogen) atoms. The minimum absolute atomic E-state index is 0.0139. The molecule has 1 aliphatic heterocycles. The molecule has 1 saturated heterocycles. The molecule has 0 unspecified atom stereocenters. The Hall–Kier alpha value is -1.66. The first kappa shape index (κ1) is 13.3. The maximum Gasteiger partial charge on any atom is 0.266 e. The molecule has 3 heterocycles. The number of fused-ring (bicyclic) bond motifs is 1. The van der Waals surface area contributed by atoms with Crippen LogP contribution in [0.3, 0.4) is 0 Å². The first-order chi connectivity index (χ1) is 9.70. The molecule has 106 valence electrons. The minimum atomic E-state index is 0.0139. The van der Waals surface area contributed by atoms with Crippen molar-refractivity contribution in [2.75, 3.05) is 25.9 Å². The fraction of sp³-hybridized carbons (Fsp3) is 0.429. The number of hydrogen-bond acceptors (Lipinski definition) is 5. The number of nitrogens with two attached hydrogens (primary N) is 1. The van der Waals surface area contributed by atoms with E-state index in [9.17, 15) is 4.79 Å². The van der Waals surface area contributed by atoms with Crippen LogP contribution in [0.15, 0.2) is 18.3 Å². The molecule has 0 spiro atoms. The molecule has 3 rings (SSSR count). The Labute approximate surface area is 121 Å². The summed E-state index contributed by atoms with van der Waals surface area (Å²) in [6.07, 6.45) is 3.72. The van der Waals surface area contributed by atoms with Crippen LogP contribution in [0.4, 0.5) is 5.69 Å². The zero-order valence-corrected chi connectivity index (χ0v) is 12.2. The maximum absolute atomic E-state index is 12.6. The van der Waals surface area contributed by atoms with Gasteiger partial charge in [0.2, 0.25) is 0 Å². The molecule has 2 N–H and O–H groups in total. The van der Waals surface area contributed by atoms with E-state index in [2.05, 4.69) is 4.98 Å². The second-order valence-electron chi connectivity index (χ2n) is 4.92. The smallest absolute Gasteiger partial charge is 0.266 e. The average Bonchev–Trinajstić information content (AvgIpc) is 2.84. The summed E-state index contributed by atoms with van der Waals surface area (Å²) in [5.41, 5.74) is 7.31.